The Morgan fingerprint density at radius 2 is 1.63 bits per heavy atom. The number of alkyl carbamates (subject to hydrolysis) is 1. The van der Waals surface area contributed by atoms with Crippen molar-refractivity contribution in [1.29, 1.82) is 0 Å². The maximum absolute atomic E-state index is 11.9. The summed E-state index contributed by atoms with van der Waals surface area (Å²) in [6.07, 6.45) is 0.360. The van der Waals surface area contributed by atoms with Crippen LogP contribution < -0.4 is 14.8 Å². The normalized spacial score (nSPS) is 11.6. The third-order valence-electron chi connectivity index (χ3n) is 3.44. The van der Waals surface area contributed by atoms with Crippen LogP contribution >= 0.6 is 24.1 Å². The molecule has 7 nitrogen and oxygen atoms in total. The van der Waals surface area contributed by atoms with E-state index in [1.165, 1.54) is 24.1 Å². The van der Waals surface area contributed by atoms with Crippen molar-refractivity contribution in [3.05, 3.63) is 30.3 Å². The number of carbonyl (C=O) groups excluding carboxylic acids is 2. The van der Waals surface area contributed by atoms with Crippen LogP contribution in [0.25, 0.3) is 0 Å². The van der Waals surface area contributed by atoms with Gasteiger partial charge in [-0.05, 0) is 51.4 Å². The van der Waals surface area contributed by atoms with Crippen LogP contribution in [-0.2, 0) is 13.7 Å². The minimum Gasteiger partial charge on any atom is -0.444 e. The van der Waals surface area contributed by atoms with Crippen LogP contribution in [0.2, 0.25) is 0 Å². The molecule has 0 radical (unpaired) electrons. The Hall–Kier alpha value is -1.58. The van der Waals surface area contributed by atoms with E-state index in [1.54, 1.807) is 20.8 Å². The second-order valence-electron chi connectivity index (χ2n) is 8.45. The predicted molar refractivity (Wildman–Crippen MR) is 124 cm³/mol. The molecule has 0 bridgehead atoms. The highest BCUT2D eigenvalue weighted by Gasteiger charge is 2.20. The van der Waals surface area contributed by atoms with Crippen molar-refractivity contribution in [1.82, 2.24) is 10.6 Å². The van der Waals surface area contributed by atoms with Crippen molar-refractivity contribution in [2.24, 2.45) is 5.41 Å². The van der Waals surface area contributed by atoms with E-state index < -0.39 is 11.7 Å². The molecule has 0 unspecified atom stereocenters. The van der Waals surface area contributed by atoms with E-state index in [4.69, 9.17) is 13.1 Å². The number of carbonyl (C=O) groups is 2. The zero-order valence-corrected chi connectivity index (χ0v) is 20.1. The Morgan fingerprint density at radius 1 is 0.967 bits per heavy atom. The van der Waals surface area contributed by atoms with Crippen molar-refractivity contribution >= 4 is 36.1 Å². The molecule has 0 fully saturated rings. The van der Waals surface area contributed by atoms with E-state index in [-0.39, 0.29) is 17.9 Å². The highest BCUT2D eigenvalue weighted by Crippen LogP contribution is 2.20. The largest absolute Gasteiger partial charge is 0.444 e. The van der Waals surface area contributed by atoms with Gasteiger partial charge < -0.3 is 23.7 Å². The molecule has 1 aromatic carbocycles. The Kier molecular flexibility index (Phi) is 12.1. The fourth-order valence-corrected chi connectivity index (χ4v) is 3.50. The molecule has 0 aromatic heterocycles. The van der Waals surface area contributed by atoms with Gasteiger partial charge in [0.25, 0.3) is 0 Å². The highest BCUT2D eigenvalue weighted by atomic mass is 32.2. The summed E-state index contributed by atoms with van der Waals surface area (Å²) in [5.41, 5.74) is -0.815. The van der Waals surface area contributed by atoms with Gasteiger partial charge in [-0.2, -0.15) is 0 Å². The van der Waals surface area contributed by atoms with E-state index >= 15 is 0 Å². The molecular weight excluding hydrogens is 424 g/mol. The zero-order valence-electron chi connectivity index (χ0n) is 18.5. The van der Waals surface area contributed by atoms with Crippen molar-refractivity contribution in [3.8, 4) is 5.75 Å². The summed E-state index contributed by atoms with van der Waals surface area (Å²) in [6, 6.07) is 9.71. The van der Waals surface area contributed by atoms with Crippen LogP contribution in [0.5, 0.6) is 5.75 Å². The van der Waals surface area contributed by atoms with Crippen LogP contribution in [0.3, 0.4) is 0 Å². The Morgan fingerprint density at radius 3 is 2.30 bits per heavy atom. The molecule has 0 heterocycles. The molecule has 0 spiro atoms. The molecular formula is C21H34N2O5S2. The average molecular weight is 459 g/mol. The first-order valence-corrected chi connectivity index (χ1v) is 11.7. The maximum Gasteiger partial charge on any atom is 0.408 e. The third kappa shape index (κ3) is 14.4. The van der Waals surface area contributed by atoms with Crippen LogP contribution in [0.1, 0.15) is 41.0 Å². The Labute approximate surface area is 188 Å². The Balaban J connectivity index is 2.04. The molecule has 1 aromatic rings. The van der Waals surface area contributed by atoms with Gasteiger partial charge in [0.1, 0.15) is 11.4 Å². The average Bonchev–Trinajstić information content (AvgIpc) is 2.66. The summed E-state index contributed by atoms with van der Waals surface area (Å²) >= 11 is 2.86. The van der Waals surface area contributed by atoms with Crippen LogP contribution in [0.4, 0.5) is 4.79 Å². The molecule has 1 rings (SSSR count). The van der Waals surface area contributed by atoms with Gasteiger partial charge in [-0.3, -0.25) is 4.79 Å². The standard InChI is InChI=1S/C21H34N2O5S2/c1-20(2,3)27-19(25)22-14-18(24)23-15-21(4,5)16-26-29-12-9-13-30-28-17-10-7-6-8-11-17/h6-8,10-11H,9,12-16H2,1-5H3,(H,22,25)(H,23,24). The molecule has 0 saturated carbocycles. The summed E-state index contributed by atoms with van der Waals surface area (Å²) < 4.78 is 16.3. The predicted octanol–water partition coefficient (Wildman–Crippen LogP) is 4.44. The highest BCUT2D eigenvalue weighted by molar-refractivity contribution is 7.95. The van der Waals surface area contributed by atoms with Crippen molar-refractivity contribution < 1.29 is 22.7 Å². The van der Waals surface area contributed by atoms with Gasteiger partial charge in [0.2, 0.25) is 5.91 Å². The molecule has 30 heavy (non-hydrogen) atoms. The minimum absolute atomic E-state index is 0.122. The second kappa shape index (κ2) is 13.7. The van der Waals surface area contributed by atoms with E-state index in [0.29, 0.717) is 13.2 Å². The molecule has 170 valence electrons. The first-order chi connectivity index (χ1) is 14.1. The summed E-state index contributed by atoms with van der Waals surface area (Å²) in [7, 11) is 0. The maximum atomic E-state index is 11.9. The molecule has 0 aliphatic carbocycles. The number of hydrogen-bond acceptors (Lipinski definition) is 7. The smallest absolute Gasteiger partial charge is 0.408 e. The fourth-order valence-electron chi connectivity index (χ4n) is 1.94. The van der Waals surface area contributed by atoms with E-state index in [0.717, 1.165) is 23.7 Å². The van der Waals surface area contributed by atoms with Crippen molar-refractivity contribution in [2.45, 2.75) is 46.6 Å². The SMILES string of the molecule is CC(C)(CNC(=O)CNC(=O)OC(C)(C)C)COSCCCSOc1ccccc1. The summed E-state index contributed by atoms with van der Waals surface area (Å²) in [5, 5.41) is 5.25. The lowest BCUT2D eigenvalue weighted by molar-refractivity contribution is -0.120. The molecule has 0 aliphatic heterocycles. The summed E-state index contributed by atoms with van der Waals surface area (Å²) in [5.74, 6) is 2.34. The van der Waals surface area contributed by atoms with E-state index in [1.807, 2.05) is 44.2 Å². The molecule has 2 N–H and O–H groups in total. The second-order valence-corrected chi connectivity index (χ2v) is 10.1. The molecule has 0 aliphatic rings. The van der Waals surface area contributed by atoms with Crippen molar-refractivity contribution in [2.75, 3.05) is 31.2 Å². The van der Waals surface area contributed by atoms with Gasteiger partial charge in [0, 0.05) is 23.5 Å². The van der Waals surface area contributed by atoms with Crippen molar-refractivity contribution in [3.63, 3.8) is 0 Å². The van der Waals surface area contributed by atoms with Gasteiger partial charge in [-0.15, -0.1) is 0 Å². The van der Waals surface area contributed by atoms with Gasteiger partial charge in [0.05, 0.1) is 25.2 Å². The van der Waals surface area contributed by atoms with Crippen LogP contribution in [0, 0.1) is 5.41 Å². The number of amides is 2. The molecule has 9 heteroatoms. The van der Waals surface area contributed by atoms with Crippen LogP contribution in [0.15, 0.2) is 30.3 Å². The minimum atomic E-state index is -0.607. The van der Waals surface area contributed by atoms with Gasteiger partial charge >= 0.3 is 6.09 Å². The lowest BCUT2D eigenvalue weighted by Crippen LogP contribution is -2.43. The summed E-state index contributed by atoms with van der Waals surface area (Å²) in [4.78, 5) is 23.5. The number of nitrogens with one attached hydrogen (secondary N) is 2. The molecule has 0 saturated heterocycles. The molecule has 0 atom stereocenters. The topological polar surface area (TPSA) is 85.9 Å². The van der Waals surface area contributed by atoms with Gasteiger partial charge in [0.15, 0.2) is 0 Å². The van der Waals surface area contributed by atoms with Crippen LogP contribution in [-0.4, -0.2) is 48.8 Å². The first kappa shape index (κ1) is 26.5. The number of benzene rings is 1. The van der Waals surface area contributed by atoms with Gasteiger partial charge in [-0.25, -0.2) is 4.79 Å². The third-order valence-corrected chi connectivity index (χ3v) is 4.95. The quantitative estimate of drug-likeness (QED) is 0.334. The fraction of sp³-hybridized carbons (Fsp3) is 0.619. The number of para-hydroxylation sites is 1. The molecule has 2 amide bonds. The Bertz CT molecular complexity index is 636. The number of ether oxygens (including phenoxy) is 1. The van der Waals surface area contributed by atoms with Gasteiger partial charge in [-0.1, -0.05) is 32.0 Å². The lowest BCUT2D eigenvalue weighted by atomic mass is 9.95. The number of rotatable bonds is 13. The number of hydrogen-bond donors (Lipinski definition) is 2. The van der Waals surface area contributed by atoms with E-state index in [2.05, 4.69) is 10.6 Å². The summed E-state index contributed by atoms with van der Waals surface area (Å²) in [6.45, 7) is 10.2. The zero-order chi connectivity index (χ0) is 22.5. The monoisotopic (exact) mass is 458 g/mol. The first-order valence-electron chi connectivity index (χ1n) is 9.90. The van der Waals surface area contributed by atoms with E-state index in [9.17, 15) is 9.59 Å². The lowest BCUT2D eigenvalue weighted by Gasteiger charge is -2.24.